The Balaban J connectivity index is 2.14. The van der Waals surface area contributed by atoms with Gasteiger partial charge in [0.15, 0.2) is 0 Å². The van der Waals surface area contributed by atoms with Gasteiger partial charge < -0.3 is 5.32 Å². The van der Waals surface area contributed by atoms with Gasteiger partial charge >= 0.3 is 0 Å². The predicted octanol–water partition coefficient (Wildman–Crippen LogP) is 3.83. The number of aromatic nitrogens is 2. The van der Waals surface area contributed by atoms with Gasteiger partial charge in [0.1, 0.15) is 5.82 Å². The van der Waals surface area contributed by atoms with Crippen LogP contribution in [0, 0.1) is 18.7 Å². The van der Waals surface area contributed by atoms with E-state index in [2.05, 4.69) is 40.2 Å². The fourth-order valence-electron chi connectivity index (χ4n) is 1.96. The highest BCUT2D eigenvalue weighted by atomic mass is 79.9. The molecule has 0 spiro atoms. The SMILES string of the molecule is Cc1cc(F)c(Br)cc1-n1ccc(CNCC(C)C)n1. The minimum atomic E-state index is -0.253. The summed E-state index contributed by atoms with van der Waals surface area (Å²) in [6, 6.07) is 5.24. The van der Waals surface area contributed by atoms with Crippen LogP contribution in [0.3, 0.4) is 0 Å². The Labute approximate surface area is 127 Å². The van der Waals surface area contributed by atoms with Crippen LogP contribution in [0.25, 0.3) is 5.69 Å². The molecule has 0 aliphatic heterocycles. The Kier molecular flexibility index (Phi) is 4.94. The number of nitrogens with one attached hydrogen (secondary N) is 1. The number of benzene rings is 1. The summed E-state index contributed by atoms with van der Waals surface area (Å²) in [6.07, 6.45) is 1.90. The van der Waals surface area contributed by atoms with Crippen LogP contribution in [0.5, 0.6) is 0 Å². The van der Waals surface area contributed by atoms with Crippen LogP contribution in [-0.4, -0.2) is 16.3 Å². The topological polar surface area (TPSA) is 29.9 Å². The zero-order valence-electron chi connectivity index (χ0n) is 12.0. The number of hydrogen-bond donors (Lipinski definition) is 1. The lowest BCUT2D eigenvalue weighted by molar-refractivity contribution is 0.546. The second-order valence-corrected chi connectivity index (χ2v) is 6.18. The van der Waals surface area contributed by atoms with Crippen LogP contribution in [-0.2, 0) is 6.54 Å². The van der Waals surface area contributed by atoms with Gasteiger partial charge in [0.05, 0.1) is 15.9 Å². The quantitative estimate of drug-likeness (QED) is 0.897. The maximum Gasteiger partial charge on any atom is 0.137 e. The number of aryl methyl sites for hydroxylation is 1. The summed E-state index contributed by atoms with van der Waals surface area (Å²) in [5.41, 5.74) is 2.72. The summed E-state index contributed by atoms with van der Waals surface area (Å²) >= 11 is 3.21. The molecule has 0 atom stereocenters. The van der Waals surface area contributed by atoms with Crippen LogP contribution in [0.1, 0.15) is 25.1 Å². The van der Waals surface area contributed by atoms with E-state index >= 15 is 0 Å². The van der Waals surface area contributed by atoms with Gasteiger partial charge in [0.25, 0.3) is 0 Å². The highest BCUT2D eigenvalue weighted by Crippen LogP contribution is 2.23. The van der Waals surface area contributed by atoms with Crippen LogP contribution in [0.15, 0.2) is 28.9 Å². The minimum absolute atomic E-state index is 0.253. The molecule has 2 aromatic rings. The molecule has 0 aliphatic carbocycles. The molecular weight excluding hydrogens is 321 g/mol. The van der Waals surface area contributed by atoms with Crippen molar-refractivity contribution >= 4 is 15.9 Å². The molecule has 0 unspecified atom stereocenters. The Bertz CT molecular complexity index is 593. The molecule has 108 valence electrons. The van der Waals surface area contributed by atoms with E-state index in [0.717, 1.165) is 30.0 Å². The maximum atomic E-state index is 13.4. The first-order valence-electron chi connectivity index (χ1n) is 6.68. The first-order chi connectivity index (χ1) is 9.47. The first kappa shape index (κ1) is 15.2. The third kappa shape index (κ3) is 3.67. The van der Waals surface area contributed by atoms with E-state index < -0.39 is 0 Å². The lowest BCUT2D eigenvalue weighted by Gasteiger charge is -2.08. The van der Waals surface area contributed by atoms with Gasteiger partial charge in [0, 0.05) is 12.7 Å². The van der Waals surface area contributed by atoms with Gasteiger partial charge in [-0.25, -0.2) is 9.07 Å². The van der Waals surface area contributed by atoms with Crippen molar-refractivity contribution in [1.29, 1.82) is 0 Å². The molecule has 0 bridgehead atoms. The van der Waals surface area contributed by atoms with Gasteiger partial charge in [0.2, 0.25) is 0 Å². The number of nitrogens with zero attached hydrogens (tertiary/aromatic N) is 2. The van der Waals surface area contributed by atoms with E-state index in [1.165, 1.54) is 6.07 Å². The lowest BCUT2D eigenvalue weighted by atomic mass is 10.2. The third-order valence-corrected chi connectivity index (χ3v) is 3.60. The Morgan fingerprint density at radius 2 is 2.15 bits per heavy atom. The van der Waals surface area contributed by atoms with Crippen molar-refractivity contribution in [2.75, 3.05) is 6.54 Å². The summed E-state index contributed by atoms with van der Waals surface area (Å²) in [4.78, 5) is 0. The zero-order chi connectivity index (χ0) is 14.7. The highest BCUT2D eigenvalue weighted by molar-refractivity contribution is 9.10. The van der Waals surface area contributed by atoms with E-state index in [1.807, 2.05) is 19.2 Å². The number of hydrogen-bond acceptors (Lipinski definition) is 2. The molecule has 0 saturated carbocycles. The summed E-state index contributed by atoms with van der Waals surface area (Å²) < 4.78 is 15.7. The molecule has 1 aromatic carbocycles. The molecule has 20 heavy (non-hydrogen) atoms. The van der Waals surface area contributed by atoms with Crippen molar-refractivity contribution in [2.24, 2.45) is 5.92 Å². The number of halogens is 2. The van der Waals surface area contributed by atoms with Crippen molar-refractivity contribution in [3.63, 3.8) is 0 Å². The lowest BCUT2D eigenvalue weighted by Crippen LogP contribution is -2.19. The van der Waals surface area contributed by atoms with Crippen LogP contribution >= 0.6 is 15.9 Å². The summed E-state index contributed by atoms with van der Waals surface area (Å²) in [6.45, 7) is 7.93. The average Bonchev–Trinajstić information content (AvgIpc) is 2.82. The van der Waals surface area contributed by atoms with Gasteiger partial charge in [-0.2, -0.15) is 5.10 Å². The van der Waals surface area contributed by atoms with E-state index in [4.69, 9.17) is 0 Å². The van der Waals surface area contributed by atoms with Crippen molar-refractivity contribution in [2.45, 2.75) is 27.3 Å². The second kappa shape index (κ2) is 6.50. The highest BCUT2D eigenvalue weighted by Gasteiger charge is 2.08. The van der Waals surface area contributed by atoms with Crippen molar-refractivity contribution in [1.82, 2.24) is 15.1 Å². The molecule has 1 aromatic heterocycles. The average molecular weight is 340 g/mol. The predicted molar refractivity (Wildman–Crippen MR) is 82.5 cm³/mol. The molecule has 1 N–H and O–H groups in total. The van der Waals surface area contributed by atoms with Gasteiger partial charge in [-0.1, -0.05) is 13.8 Å². The Morgan fingerprint density at radius 3 is 2.85 bits per heavy atom. The van der Waals surface area contributed by atoms with Crippen LogP contribution < -0.4 is 5.32 Å². The Morgan fingerprint density at radius 1 is 1.40 bits per heavy atom. The van der Waals surface area contributed by atoms with Gasteiger partial charge in [-0.05, 0) is 59.1 Å². The van der Waals surface area contributed by atoms with E-state index in [0.29, 0.717) is 10.4 Å². The largest absolute Gasteiger partial charge is 0.311 e. The molecule has 0 radical (unpaired) electrons. The normalized spacial score (nSPS) is 11.3. The third-order valence-electron chi connectivity index (χ3n) is 2.99. The molecule has 0 fully saturated rings. The molecule has 0 aliphatic rings. The van der Waals surface area contributed by atoms with E-state index in [1.54, 1.807) is 10.7 Å². The summed E-state index contributed by atoms with van der Waals surface area (Å²) in [7, 11) is 0. The molecule has 3 nitrogen and oxygen atoms in total. The second-order valence-electron chi connectivity index (χ2n) is 5.33. The fourth-order valence-corrected chi connectivity index (χ4v) is 2.29. The smallest absolute Gasteiger partial charge is 0.137 e. The molecule has 1 heterocycles. The molecular formula is C15H19BrFN3. The maximum absolute atomic E-state index is 13.4. The van der Waals surface area contributed by atoms with Crippen LogP contribution in [0.2, 0.25) is 0 Å². The standard InChI is InChI=1S/C15H19BrFN3/c1-10(2)8-18-9-12-4-5-20(19-12)15-7-13(16)14(17)6-11(15)3/h4-7,10,18H,8-9H2,1-3H3. The molecule has 0 amide bonds. The first-order valence-corrected chi connectivity index (χ1v) is 7.48. The van der Waals surface area contributed by atoms with Crippen molar-refractivity contribution in [3.05, 3.63) is 45.9 Å². The van der Waals surface area contributed by atoms with E-state index in [9.17, 15) is 4.39 Å². The zero-order valence-corrected chi connectivity index (χ0v) is 13.5. The van der Waals surface area contributed by atoms with Crippen LogP contribution in [0.4, 0.5) is 4.39 Å². The number of rotatable bonds is 5. The Hall–Kier alpha value is -1.20. The molecule has 0 saturated heterocycles. The minimum Gasteiger partial charge on any atom is -0.311 e. The monoisotopic (exact) mass is 339 g/mol. The van der Waals surface area contributed by atoms with Gasteiger partial charge in [-0.3, -0.25) is 0 Å². The summed E-state index contributed by atoms with van der Waals surface area (Å²) in [5.74, 6) is 0.365. The molecule has 5 heteroatoms. The molecule has 2 rings (SSSR count). The summed E-state index contributed by atoms with van der Waals surface area (Å²) in [5, 5.41) is 7.88. The van der Waals surface area contributed by atoms with E-state index in [-0.39, 0.29) is 5.82 Å². The van der Waals surface area contributed by atoms with Crippen molar-refractivity contribution < 1.29 is 4.39 Å². The van der Waals surface area contributed by atoms with Crippen molar-refractivity contribution in [3.8, 4) is 5.69 Å². The fraction of sp³-hybridized carbons (Fsp3) is 0.400. The van der Waals surface area contributed by atoms with Gasteiger partial charge in [-0.15, -0.1) is 0 Å².